The molecule has 0 radical (unpaired) electrons. The van der Waals surface area contributed by atoms with Crippen LogP contribution in [0, 0.1) is 0 Å². The molecule has 2 N–H and O–H groups in total. The number of hydrogen-bond acceptors (Lipinski definition) is 9. The molecule has 0 saturated heterocycles. The van der Waals surface area contributed by atoms with Gasteiger partial charge in [0.1, 0.15) is 5.00 Å². The van der Waals surface area contributed by atoms with Crippen LogP contribution in [0.1, 0.15) is 99.9 Å². The number of methoxy groups -OCH3 is 1. The molecule has 2 heterocycles. The molecule has 2 aliphatic rings. The average molecular weight is 843 g/mol. The van der Waals surface area contributed by atoms with E-state index in [1.807, 2.05) is 66.7 Å². The third-order valence-electron chi connectivity index (χ3n) is 11.1. The summed E-state index contributed by atoms with van der Waals surface area (Å²) in [6.07, 6.45) is 9.21. The first-order valence-electron chi connectivity index (χ1n) is 20.9. The largest absolute Gasteiger partial charge is 0.465 e. The summed E-state index contributed by atoms with van der Waals surface area (Å²) in [5.74, 6) is -1.15. The number of carbonyl (C=O) groups is 4. The molecule has 2 aliphatic carbocycles. The highest BCUT2D eigenvalue weighted by Crippen LogP contribution is 2.39. The van der Waals surface area contributed by atoms with Gasteiger partial charge in [-0.25, -0.2) is 9.59 Å². The summed E-state index contributed by atoms with van der Waals surface area (Å²) in [5, 5.41) is 6.81. The van der Waals surface area contributed by atoms with Crippen molar-refractivity contribution < 1.29 is 28.7 Å². The van der Waals surface area contributed by atoms with Crippen LogP contribution in [0.25, 0.3) is 0 Å². The van der Waals surface area contributed by atoms with E-state index in [4.69, 9.17) is 9.47 Å². The van der Waals surface area contributed by atoms with E-state index in [-0.39, 0.29) is 23.8 Å². The van der Waals surface area contributed by atoms with E-state index in [2.05, 4.69) is 40.2 Å². The van der Waals surface area contributed by atoms with Gasteiger partial charge in [0, 0.05) is 49.5 Å². The third-order valence-corrected chi connectivity index (χ3v) is 14.0. The van der Waals surface area contributed by atoms with Gasteiger partial charge < -0.3 is 20.1 Å². The Kier molecular flexibility index (Phi) is 13.7. The molecule has 2 amide bonds. The number of pyridine rings is 1. The van der Waals surface area contributed by atoms with Crippen LogP contribution in [-0.4, -0.2) is 61.5 Å². The molecule has 60 heavy (non-hydrogen) atoms. The number of aryl methyl sites for hydroxylation is 3. The average Bonchev–Trinajstić information content (AvgIpc) is 4.03. The van der Waals surface area contributed by atoms with Crippen LogP contribution in [0.2, 0.25) is 25.7 Å². The fraction of sp³-hybridized carbons (Fsp3) is 0.354. The number of benzene rings is 3. The molecular weight excluding hydrogens is 789 g/mol. The number of rotatable bonds is 17. The number of fused-ring (bicyclic) bond motifs is 1. The van der Waals surface area contributed by atoms with E-state index in [1.165, 1.54) is 18.4 Å². The lowest BCUT2D eigenvalue weighted by Crippen LogP contribution is -2.26. The third kappa shape index (κ3) is 11.4. The highest BCUT2D eigenvalue weighted by molar-refractivity contribution is 7.17. The zero-order chi connectivity index (χ0) is 42.2. The predicted molar refractivity (Wildman–Crippen MR) is 240 cm³/mol. The minimum Gasteiger partial charge on any atom is -0.465 e. The molecule has 0 bridgehead atoms. The highest BCUT2D eigenvalue weighted by Gasteiger charge is 2.30. The summed E-state index contributed by atoms with van der Waals surface area (Å²) in [5.41, 5.74) is 7.88. The van der Waals surface area contributed by atoms with Crippen LogP contribution in [0.15, 0.2) is 91.1 Å². The van der Waals surface area contributed by atoms with E-state index >= 15 is 0 Å². The van der Waals surface area contributed by atoms with Gasteiger partial charge in [0.25, 0.3) is 11.8 Å². The molecule has 0 aliphatic heterocycles. The SMILES string of the molecule is COC(=O)c1ccc(CCc2ccc(NC(=O)c3c(NC(=O)c4cccc(CN(Cc5cc(C(=O)OCC[Si](C)(C)C)ccn5)C5CC5)c4)sc4c3CCCC4)cc2)cc1. The molecular formula is C48H54N4O6SSi. The van der Waals surface area contributed by atoms with Crippen LogP contribution in [0.5, 0.6) is 0 Å². The fourth-order valence-corrected chi connectivity index (χ4v) is 9.46. The smallest absolute Gasteiger partial charge is 0.338 e. The van der Waals surface area contributed by atoms with Crippen molar-refractivity contribution in [2.24, 2.45) is 0 Å². The summed E-state index contributed by atoms with van der Waals surface area (Å²) in [7, 11) is 0.0605. The monoisotopic (exact) mass is 842 g/mol. The van der Waals surface area contributed by atoms with Gasteiger partial charge in [-0.1, -0.05) is 56.0 Å². The predicted octanol–water partition coefficient (Wildman–Crippen LogP) is 9.76. The lowest BCUT2D eigenvalue weighted by molar-refractivity contribution is 0.0523. The van der Waals surface area contributed by atoms with Gasteiger partial charge in [-0.05, 0) is 128 Å². The molecule has 1 saturated carbocycles. The van der Waals surface area contributed by atoms with Crippen LogP contribution < -0.4 is 10.6 Å². The molecule has 0 atom stereocenters. The Labute approximate surface area is 357 Å². The number of amides is 2. The number of nitrogens with zero attached hydrogens (tertiary/aromatic N) is 2. The Balaban J connectivity index is 0.987. The first kappa shape index (κ1) is 42.7. The van der Waals surface area contributed by atoms with Crippen molar-refractivity contribution in [1.29, 1.82) is 0 Å². The Hall–Kier alpha value is -5.43. The molecule has 0 unspecified atom stereocenters. The molecule has 1 fully saturated rings. The number of ether oxygens (including phenoxy) is 2. The molecule has 10 nitrogen and oxygen atoms in total. The van der Waals surface area contributed by atoms with Crippen LogP contribution in [0.4, 0.5) is 10.7 Å². The molecule has 3 aromatic carbocycles. The van der Waals surface area contributed by atoms with Crippen LogP contribution >= 0.6 is 11.3 Å². The second kappa shape index (κ2) is 19.3. The molecule has 7 rings (SSSR count). The molecule has 312 valence electrons. The summed E-state index contributed by atoms with van der Waals surface area (Å²) >= 11 is 1.51. The Morgan fingerprint density at radius 2 is 1.48 bits per heavy atom. The van der Waals surface area contributed by atoms with E-state index in [0.717, 1.165) is 90.2 Å². The van der Waals surface area contributed by atoms with Crippen molar-refractivity contribution in [3.63, 3.8) is 0 Å². The maximum absolute atomic E-state index is 14.0. The highest BCUT2D eigenvalue weighted by atomic mass is 32.1. The summed E-state index contributed by atoms with van der Waals surface area (Å²) < 4.78 is 10.4. The molecule has 2 aromatic heterocycles. The first-order chi connectivity index (χ1) is 28.9. The van der Waals surface area contributed by atoms with Crippen molar-refractivity contribution in [2.45, 2.75) is 96.2 Å². The van der Waals surface area contributed by atoms with E-state index < -0.39 is 8.07 Å². The zero-order valence-electron chi connectivity index (χ0n) is 35.0. The minimum absolute atomic E-state index is 0.227. The van der Waals surface area contributed by atoms with Gasteiger partial charge in [-0.2, -0.15) is 0 Å². The lowest BCUT2D eigenvalue weighted by Gasteiger charge is -2.22. The van der Waals surface area contributed by atoms with Crippen LogP contribution in [0.3, 0.4) is 0 Å². The summed E-state index contributed by atoms with van der Waals surface area (Å²) in [4.78, 5) is 60.6. The van der Waals surface area contributed by atoms with Gasteiger partial charge in [-0.15, -0.1) is 11.3 Å². The van der Waals surface area contributed by atoms with Crippen molar-refractivity contribution in [1.82, 2.24) is 9.88 Å². The second-order valence-electron chi connectivity index (χ2n) is 17.0. The molecule has 0 spiro atoms. The number of carbonyl (C=O) groups excluding carboxylic acids is 4. The Morgan fingerprint density at radius 1 is 0.767 bits per heavy atom. The summed E-state index contributed by atoms with van der Waals surface area (Å²) in [6.45, 7) is 8.42. The Bertz CT molecular complexity index is 2330. The van der Waals surface area contributed by atoms with E-state index in [0.29, 0.717) is 58.7 Å². The fourth-order valence-electron chi connectivity index (χ4n) is 7.46. The number of aromatic nitrogens is 1. The van der Waals surface area contributed by atoms with E-state index in [1.54, 1.807) is 24.4 Å². The van der Waals surface area contributed by atoms with Crippen LogP contribution in [-0.2, 0) is 48.2 Å². The van der Waals surface area contributed by atoms with Gasteiger partial charge in [0.05, 0.1) is 36.1 Å². The maximum Gasteiger partial charge on any atom is 0.338 e. The molecule has 5 aromatic rings. The minimum atomic E-state index is -1.31. The summed E-state index contributed by atoms with van der Waals surface area (Å²) in [6, 6.07) is 27.8. The van der Waals surface area contributed by atoms with Gasteiger partial charge >= 0.3 is 11.9 Å². The van der Waals surface area contributed by atoms with Gasteiger partial charge in [-0.3, -0.25) is 19.5 Å². The Morgan fingerprint density at radius 3 is 2.18 bits per heavy atom. The van der Waals surface area contributed by atoms with E-state index in [9.17, 15) is 19.2 Å². The topological polar surface area (TPSA) is 127 Å². The van der Waals surface area contributed by atoms with Gasteiger partial charge in [0.2, 0.25) is 0 Å². The number of esters is 2. The quantitative estimate of drug-likeness (QED) is 0.0700. The van der Waals surface area contributed by atoms with Crippen molar-refractivity contribution in [3.8, 4) is 0 Å². The second-order valence-corrected chi connectivity index (χ2v) is 23.8. The van der Waals surface area contributed by atoms with Crippen molar-refractivity contribution >= 4 is 53.9 Å². The van der Waals surface area contributed by atoms with Crippen molar-refractivity contribution in [2.75, 3.05) is 24.4 Å². The number of hydrogen-bond donors (Lipinski definition) is 2. The maximum atomic E-state index is 14.0. The standard InChI is InChI=1S/C48H54N4O6SSi/c1-57-47(55)35-18-14-32(15-19-35)12-13-33-16-20-38(21-17-33)50-45(54)43-41-10-5-6-11-42(41)59-46(43)51-44(53)36-9-7-8-34(28-36)30-52(40-22-23-40)31-39-29-37(24-25-49-39)48(56)58-26-27-60(2,3)4/h7-9,14-21,24-25,28-29,40H,5-6,10-13,22-23,26-27,30-31H2,1-4H3,(H,50,54)(H,51,53). The molecule has 12 heteroatoms. The number of nitrogens with one attached hydrogen (secondary N) is 2. The van der Waals surface area contributed by atoms with Crippen molar-refractivity contribution in [3.05, 3.63) is 146 Å². The first-order valence-corrected chi connectivity index (χ1v) is 25.4. The lowest BCUT2D eigenvalue weighted by atomic mass is 9.95. The number of anilines is 2. The zero-order valence-corrected chi connectivity index (χ0v) is 36.8. The number of thiophene rings is 1. The van der Waals surface area contributed by atoms with Gasteiger partial charge in [0.15, 0.2) is 0 Å². The normalized spacial score (nSPS) is 13.7.